The summed E-state index contributed by atoms with van der Waals surface area (Å²) in [5.74, 6) is -0.340. The molecule has 0 saturated carbocycles. The minimum atomic E-state index is -4.07. The summed E-state index contributed by atoms with van der Waals surface area (Å²) >= 11 is 5.84. The van der Waals surface area contributed by atoms with Crippen molar-refractivity contribution < 1.29 is 22.7 Å². The fourth-order valence-electron chi connectivity index (χ4n) is 4.07. The van der Waals surface area contributed by atoms with E-state index in [0.29, 0.717) is 41.2 Å². The highest BCUT2D eigenvalue weighted by Crippen LogP contribution is 2.32. The lowest BCUT2D eigenvalue weighted by molar-refractivity contribution is 0.0827. The molecule has 12 heteroatoms. The summed E-state index contributed by atoms with van der Waals surface area (Å²) in [5, 5.41) is 6.13. The fourth-order valence-corrected chi connectivity index (χ4v) is 5.48. The van der Waals surface area contributed by atoms with Gasteiger partial charge in [-0.15, -0.1) is 0 Å². The number of rotatable bonds is 11. The fraction of sp³-hybridized carbons (Fsp3) is 0.167. The molecular weight excluding hydrogens is 578 g/mol. The molecule has 3 aromatic carbocycles. The number of amides is 2. The Balaban J connectivity index is 1.46. The Labute approximate surface area is 249 Å². The summed E-state index contributed by atoms with van der Waals surface area (Å²) in [6.45, 7) is 0.683. The molecule has 0 bridgehead atoms. The molecule has 0 unspecified atom stereocenters. The molecule has 218 valence electrons. The van der Waals surface area contributed by atoms with E-state index in [2.05, 4.69) is 20.3 Å². The zero-order valence-corrected chi connectivity index (χ0v) is 24.8. The molecule has 0 aliphatic heterocycles. The SMILES string of the molecule is COc1ccc(-c2cccc(C(=O)N(C)C)c2)cc1S(=O)(=O)Nc1cccc(NCCNC(=O)c2cccc(Cl)n2)c1. The summed E-state index contributed by atoms with van der Waals surface area (Å²) in [5.41, 5.74) is 2.97. The van der Waals surface area contributed by atoms with E-state index < -0.39 is 10.0 Å². The minimum Gasteiger partial charge on any atom is -0.495 e. The quantitative estimate of drug-likeness (QED) is 0.166. The van der Waals surface area contributed by atoms with Crippen molar-refractivity contribution in [3.63, 3.8) is 0 Å². The van der Waals surface area contributed by atoms with E-state index in [4.69, 9.17) is 16.3 Å². The maximum atomic E-state index is 13.5. The van der Waals surface area contributed by atoms with Crippen LogP contribution >= 0.6 is 11.6 Å². The number of aromatic nitrogens is 1. The lowest BCUT2D eigenvalue weighted by Gasteiger charge is -2.15. The van der Waals surface area contributed by atoms with Gasteiger partial charge < -0.3 is 20.3 Å². The van der Waals surface area contributed by atoms with Crippen molar-refractivity contribution in [2.24, 2.45) is 0 Å². The molecule has 1 heterocycles. The van der Waals surface area contributed by atoms with Crippen molar-refractivity contribution in [3.05, 3.63) is 101 Å². The van der Waals surface area contributed by atoms with Gasteiger partial charge in [-0.25, -0.2) is 13.4 Å². The maximum absolute atomic E-state index is 13.5. The third-order valence-electron chi connectivity index (χ3n) is 6.10. The number of carbonyl (C=O) groups is 2. The van der Waals surface area contributed by atoms with E-state index in [-0.39, 0.29) is 33.3 Å². The number of methoxy groups -OCH3 is 1. The highest BCUT2D eigenvalue weighted by atomic mass is 35.5. The lowest BCUT2D eigenvalue weighted by Crippen LogP contribution is -2.29. The van der Waals surface area contributed by atoms with Crippen LogP contribution in [-0.4, -0.2) is 64.4 Å². The van der Waals surface area contributed by atoms with Crippen LogP contribution in [0.1, 0.15) is 20.8 Å². The van der Waals surface area contributed by atoms with E-state index in [1.54, 1.807) is 93.0 Å². The van der Waals surface area contributed by atoms with Gasteiger partial charge in [0.2, 0.25) is 0 Å². The highest BCUT2D eigenvalue weighted by Gasteiger charge is 2.21. The van der Waals surface area contributed by atoms with Gasteiger partial charge in [-0.2, -0.15) is 0 Å². The third kappa shape index (κ3) is 7.56. The topological polar surface area (TPSA) is 130 Å². The van der Waals surface area contributed by atoms with Crippen LogP contribution in [0.25, 0.3) is 11.1 Å². The average Bonchev–Trinajstić information content (AvgIpc) is 2.98. The first-order valence-corrected chi connectivity index (χ1v) is 14.7. The second-order valence-electron chi connectivity index (χ2n) is 9.36. The molecule has 3 N–H and O–H groups in total. The Hall–Kier alpha value is -4.61. The number of carbonyl (C=O) groups excluding carboxylic acids is 2. The first kappa shape index (κ1) is 30.4. The van der Waals surface area contributed by atoms with Gasteiger partial charge in [0.1, 0.15) is 21.5 Å². The number of pyridine rings is 1. The maximum Gasteiger partial charge on any atom is 0.270 e. The Bertz CT molecular complexity index is 1710. The molecule has 0 spiro atoms. The summed E-state index contributed by atoms with van der Waals surface area (Å²) in [7, 11) is 0.669. The Morgan fingerprint density at radius 3 is 2.33 bits per heavy atom. The third-order valence-corrected chi connectivity index (χ3v) is 7.72. The standard InChI is InChI=1S/C30H30ClN5O5S/c1-36(2)30(38)22-8-4-7-20(17-22)21-13-14-26(41-3)27(18-21)42(39,40)35-24-10-5-9-23(19-24)32-15-16-33-29(37)25-11-6-12-28(31)34-25/h4-14,17-19,32,35H,15-16H2,1-3H3,(H,33,37). The first-order chi connectivity index (χ1) is 20.1. The van der Waals surface area contributed by atoms with Gasteiger partial charge in [0.15, 0.2) is 0 Å². The van der Waals surface area contributed by atoms with Crippen LogP contribution in [0.5, 0.6) is 5.75 Å². The number of anilines is 2. The largest absolute Gasteiger partial charge is 0.495 e. The molecule has 0 atom stereocenters. The summed E-state index contributed by atoms with van der Waals surface area (Å²) in [4.78, 5) is 30.1. The highest BCUT2D eigenvalue weighted by molar-refractivity contribution is 7.92. The van der Waals surface area contributed by atoms with Crippen LogP contribution in [0.15, 0.2) is 89.8 Å². The molecule has 0 fully saturated rings. The molecule has 0 saturated heterocycles. The number of ether oxygens (including phenoxy) is 1. The Morgan fingerprint density at radius 2 is 1.60 bits per heavy atom. The molecule has 10 nitrogen and oxygen atoms in total. The molecule has 2 amide bonds. The average molecular weight is 608 g/mol. The van der Waals surface area contributed by atoms with Crippen molar-refractivity contribution in [2.75, 3.05) is 44.3 Å². The van der Waals surface area contributed by atoms with Crippen molar-refractivity contribution in [1.29, 1.82) is 0 Å². The molecule has 0 aliphatic rings. The van der Waals surface area contributed by atoms with Crippen molar-refractivity contribution >= 4 is 44.8 Å². The van der Waals surface area contributed by atoms with E-state index in [1.165, 1.54) is 18.1 Å². The number of hydrogen-bond donors (Lipinski definition) is 3. The predicted molar refractivity (Wildman–Crippen MR) is 164 cm³/mol. The molecule has 4 aromatic rings. The smallest absolute Gasteiger partial charge is 0.270 e. The Kier molecular flexibility index (Phi) is 9.66. The molecule has 1 aromatic heterocycles. The van der Waals surface area contributed by atoms with Gasteiger partial charge >= 0.3 is 0 Å². The normalized spacial score (nSPS) is 11.0. The number of nitrogens with one attached hydrogen (secondary N) is 3. The lowest BCUT2D eigenvalue weighted by atomic mass is 10.0. The molecule has 0 aliphatic carbocycles. The van der Waals surface area contributed by atoms with Gasteiger partial charge in [0.25, 0.3) is 21.8 Å². The van der Waals surface area contributed by atoms with E-state index in [1.807, 2.05) is 0 Å². The number of halogens is 1. The van der Waals surface area contributed by atoms with E-state index >= 15 is 0 Å². The van der Waals surface area contributed by atoms with Gasteiger partial charge in [-0.3, -0.25) is 14.3 Å². The minimum absolute atomic E-state index is 0.0532. The van der Waals surface area contributed by atoms with Gasteiger partial charge in [0.05, 0.1) is 12.8 Å². The van der Waals surface area contributed by atoms with Gasteiger partial charge in [-0.05, 0) is 65.7 Å². The van der Waals surface area contributed by atoms with Gasteiger partial charge in [-0.1, -0.05) is 41.9 Å². The molecule has 4 rings (SSSR count). The van der Waals surface area contributed by atoms with Crippen LogP contribution < -0.4 is 20.1 Å². The van der Waals surface area contributed by atoms with Crippen molar-refractivity contribution in [1.82, 2.24) is 15.2 Å². The zero-order valence-electron chi connectivity index (χ0n) is 23.2. The van der Waals surface area contributed by atoms with Crippen LogP contribution in [0.2, 0.25) is 5.15 Å². The number of sulfonamides is 1. The van der Waals surface area contributed by atoms with Crippen LogP contribution in [-0.2, 0) is 10.0 Å². The summed E-state index contributed by atoms with van der Waals surface area (Å²) in [6.07, 6.45) is 0. The van der Waals surface area contributed by atoms with Crippen molar-refractivity contribution in [2.45, 2.75) is 4.90 Å². The number of nitrogens with zero attached hydrogens (tertiary/aromatic N) is 2. The monoisotopic (exact) mass is 607 g/mol. The summed E-state index contributed by atoms with van der Waals surface area (Å²) < 4.78 is 35.0. The summed E-state index contributed by atoms with van der Waals surface area (Å²) in [6, 6.07) is 23.4. The van der Waals surface area contributed by atoms with Crippen LogP contribution in [0.3, 0.4) is 0 Å². The predicted octanol–water partition coefficient (Wildman–Crippen LogP) is 4.76. The number of benzene rings is 3. The van der Waals surface area contributed by atoms with E-state index in [9.17, 15) is 18.0 Å². The second-order valence-corrected chi connectivity index (χ2v) is 11.4. The van der Waals surface area contributed by atoms with Crippen molar-refractivity contribution in [3.8, 4) is 16.9 Å². The number of hydrogen-bond acceptors (Lipinski definition) is 7. The molecule has 42 heavy (non-hydrogen) atoms. The van der Waals surface area contributed by atoms with Crippen LogP contribution in [0.4, 0.5) is 11.4 Å². The molecular formula is C30H30ClN5O5S. The van der Waals surface area contributed by atoms with E-state index in [0.717, 1.165) is 0 Å². The van der Waals surface area contributed by atoms with Gasteiger partial charge in [0, 0.05) is 38.4 Å². The van der Waals surface area contributed by atoms with Crippen LogP contribution in [0, 0.1) is 0 Å². The Morgan fingerprint density at radius 1 is 0.881 bits per heavy atom. The zero-order chi connectivity index (χ0) is 30.3. The first-order valence-electron chi connectivity index (χ1n) is 12.8. The second kappa shape index (κ2) is 13.4. The molecule has 0 radical (unpaired) electrons.